The molecular weight excluding hydrogens is 334 g/mol. The third kappa shape index (κ3) is 2.90. The second-order valence-corrected chi connectivity index (χ2v) is 6.03. The highest BCUT2D eigenvalue weighted by molar-refractivity contribution is 6.31. The third-order valence-corrected chi connectivity index (χ3v) is 4.33. The average molecular weight is 348 g/mol. The molecule has 2 heterocycles. The molecule has 0 spiro atoms. The lowest BCUT2D eigenvalue weighted by Crippen LogP contribution is -2.54. The van der Waals surface area contributed by atoms with Crippen LogP contribution in [0.4, 0.5) is 5.69 Å². The minimum atomic E-state index is -0.972. The van der Waals surface area contributed by atoms with Crippen molar-refractivity contribution < 1.29 is 19.2 Å². The number of nitrogens with zero attached hydrogens (tertiary/aromatic N) is 1. The van der Waals surface area contributed by atoms with Gasteiger partial charge < -0.3 is 5.32 Å². The summed E-state index contributed by atoms with van der Waals surface area (Å²) in [6.45, 7) is 1.85. The van der Waals surface area contributed by atoms with Gasteiger partial charge in [0.05, 0.1) is 0 Å². The summed E-state index contributed by atoms with van der Waals surface area (Å²) in [7, 11) is 0. The van der Waals surface area contributed by atoms with E-state index in [9.17, 15) is 19.2 Å². The number of halogens is 1. The second kappa shape index (κ2) is 6.09. The molecule has 0 aromatic heterocycles. The first kappa shape index (κ1) is 16.2. The summed E-state index contributed by atoms with van der Waals surface area (Å²) in [5.41, 5.74) is 1.50. The highest BCUT2D eigenvalue weighted by Gasteiger charge is 2.42. The molecule has 24 heavy (non-hydrogen) atoms. The van der Waals surface area contributed by atoms with E-state index in [-0.39, 0.29) is 18.5 Å². The fraction of sp³-hybridized carbons (Fsp3) is 0.250. The van der Waals surface area contributed by atoms with Gasteiger partial charge in [0.2, 0.25) is 11.8 Å². The van der Waals surface area contributed by atoms with Crippen LogP contribution >= 0.6 is 11.6 Å². The number of carbonyl (C=O) groups excluding carboxylic acids is 4. The lowest BCUT2D eigenvalue weighted by Gasteiger charge is -2.28. The smallest absolute Gasteiger partial charge is 0.278 e. The van der Waals surface area contributed by atoms with E-state index in [0.717, 1.165) is 16.5 Å². The van der Waals surface area contributed by atoms with Gasteiger partial charge >= 0.3 is 0 Å². The summed E-state index contributed by atoms with van der Waals surface area (Å²) in [5, 5.41) is 5.52. The van der Waals surface area contributed by atoms with Crippen molar-refractivity contribution in [3.63, 3.8) is 0 Å². The summed E-state index contributed by atoms with van der Waals surface area (Å²) >= 11 is 6.04. The average Bonchev–Trinajstić information content (AvgIpc) is 2.78. The van der Waals surface area contributed by atoms with E-state index in [2.05, 4.69) is 10.6 Å². The molecule has 1 unspecified atom stereocenters. The first-order chi connectivity index (χ1) is 11.4. The van der Waals surface area contributed by atoms with Gasteiger partial charge in [-0.25, -0.2) is 0 Å². The van der Waals surface area contributed by atoms with Gasteiger partial charge in [0.15, 0.2) is 0 Å². The Morgan fingerprint density at radius 1 is 1.25 bits per heavy atom. The van der Waals surface area contributed by atoms with E-state index >= 15 is 0 Å². The van der Waals surface area contributed by atoms with Gasteiger partial charge in [-0.15, -0.1) is 0 Å². The Morgan fingerprint density at radius 3 is 2.67 bits per heavy atom. The Labute approximate surface area is 142 Å². The van der Waals surface area contributed by atoms with E-state index in [4.69, 9.17) is 11.6 Å². The van der Waals surface area contributed by atoms with Crippen LogP contribution in [0.25, 0.3) is 0 Å². The predicted octanol–water partition coefficient (Wildman–Crippen LogP) is 1.12. The van der Waals surface area contributed by atoms with Gasteiger partial charge in [-0.2, -0.15) is 0 Å². The Hall–Kier alpha value is -2.67. The molecule has 1 aromatic rings. The van der Waals surface area contributed by atoms with Crippen molar-refractivity contribution in [3.05, 3.63) is 40.6 Å². The van der Waals surface area contributed by atoms with E-state index in [1.165, 1.54) is 0 Å². The number of carbonyl (C=O) groups is 4. The molecule has 2 aliphatic rings. The monoisotopic (exact) mass is 347 g/mol. The van der Waals surface area contributed by atoms with Crippen LogP contribution in [0.15, 0.2) is 30.0 Å². The SMILES string of the molecule is Cc1ccc(NC2=CC(=O)N(C3CCC(=O)NC3=O)C2=O)cc1Cl. The molecule has 0 bridgehead atoms. The number of rotatable bonds is 3. The minimum Gasteiger partial charge on any atom is -0.351 e. The summed E-state index contributed by atoms with van der Waals surface area (Å²) in [6.07, 6.45) is 1.35. The molecular formula is C16H14ClN3O4. The summed E-state index contributed by atoms with van der Waals surface area (Å²) in [5.74, 6) is -2.24. The van der Waals surface area contributed by atoms with E-state index in [1.807, 2.05) is 6.92 Å². The van der Waals surface area contributed by atoms with Crippen molar-refractivity contribution in [3.8, 4) is 0 Å². The Kier molecular flexibility index (Phi) is 4.11. The summed E-state index contributed by atoms with van der Waals surface area (Å²) in [4.78, 5) is 48.6. The Balaban J connectivity index is 1.78. The number of hydrogen-bond acceptors (Lipinski definition) is 5. The molecule has 7 nitrogen and oxygen atoms in total. The second-order valence-electron chi connectivity index (χ2n) is 5.63. The molecule has 124 valence electrons. The largest absolute Gasteiger partial charge is 0.351 e. The third-order valence-electron chi connectivity index (χ3n) is 3.93. The minimum absolute atomic E-state index is 0.0598. The predicted molar refractivity (Wildman–Crippen MR) is 85.9 cm³/mol. The first-order valence-corrected chi connectivity index (χ1v) is 7.70. The molecule has 8 heteroatoms. The van der Waals surface area contributed by atoms with Gasteiger partial charge in [-0.1, -0.05) is 17.7 Å². The molecule has 1 aromatic carbocycles. The van der Waals surface area contributed by atoms with Crippen LogP contribution in [0.1, 0.15) is 18.4 Å². The molecule has 1 saturated heterocycles. The molecule has 2 aliphatic heterocycles. The van der Waals surface area contributed by atoms with Gasteiger partial charge in [0, 0.05) is 23.2 Å². The molecule has 1 fully saturated rings. The fourth-order valence-corrected chi connectivity index (χ4v) is 2.80. The number of amides is 4. The molecule has 2 N–H and O–H groups in total. The number of piperidine rings is 1. The number of hydrogen-bond donors (Lipinski definition) is 2. The van der Waals surface area contributed by atoms with Crippen LogP contribution < -0.4 is 10.6 Å². The Morgan fingerprint density at radius 2 is 2.00 bits per heavy atom. The number of imide groups is 2. The van der Waals surface area contributed by atoms with Crippen LogP contribution in [0.3, 0.4) is 0 Å². The van der Waals surface area contributed by atoms with Crippen LogP contribution in [0.2, 0.25) is 5.02 Å². The normalized spacial score (nSPS) is 21.0. The van der Waals surface area contributed by atoms with Crippen LogP contribution in [-0.2, 0) is 19.2 Å². The fourth-order valence-electron chi connectivity index (χ4n) is 2.62. The first-order valence-electron chi connectivity index (χ1n) is 7.33. The lowest BCUT2D eigenvalue weighted by atomic mass is 10.0. The van der Waals surface area contributed by atoms with Gasteiger partial charge in [0.25, 0.3) is 11.8 Å². The maximum Gasteiger partial charge on any atom is 0.278 e. The molecule has 0 radical (unpaired) electrons. The number of aryl methyl sites for hydroxylation is 1. The van der Waals surface area contributed by atoms with E-state index in [0.29, 0.717) is 10.7 Å². The van der Waals surface area contributed by atoms with E-state index < -0.39 is 29.7 Å². The molecule has 4 amide bonds. The van der Waals surface area contributed by atoms with Crippen LogP contribution in [0.5, 0.6) is 0 Å². The Bertz CT molecular complexity index is 803. The van der Waals surface area contributed by atoms with Crippen molar-refractivity contribution >= 4 is 40.9 Å². The van der Waals surface area contributed by atoms with Crippen molar-refractivity contribution in [1.82, 2.24) is 10.2 Å². The van der Waals surface area contributed by atoms with Crippen LogP contribution in [0, 0.1) is 6.92 Å². The van der Waals surface area contributed by atoms with Gasteiger partial charge in [0.1, 0.15) is 11.7 Å². The molecule has 0 aliphatic carbocycles. The van der Waals surface area contributed by atoms with Gasteiger partial charge in [-0.3, -0.25) is 29.4 Å². The molecule has 0 saturated carbocycles. The highest BCUT2D eigenvalue weighted by atomic mass is 35.5. The maximum absolute atomic E-state index is 12.5. The number of benzene rings is 1. The van der Waals surface area contributed by atoms with Gasteiger partial charge in [-0.05, 0) is 31.0 Å². The topological polar surface area (TPSA) is 95.6 Å². The number of nitrogens with one attached hydrogen (secondary N) is 2. The van der Waals surface area contributed by atoms with Crippen molar-refractivity contribution in [2.24, 2.45) is 0 Å². The maximum atomic E-state index is 12.5. The standard InChI is InChI=1S/C16H14ClN3O4/c1-8-2-3-9(6-10(8)17)18-11-7-14(22)20(16(11)24)12-4-5-13(21)19-15(12)23/h2-3,6-7,12,18H,4-5H2,1H3,(H,19,21,23). The lowest BCUT2D eigenvalue weighted by molar-refractivity contribution is -0.149. The molecule has 1 atom stereocenters. The van der Waals surface area contributed by atoms with Crippen LogP contribution in [-0.4, -0.2) is 34.6 Å². The molecule has 3 rings (SSSR count). The summed E-state index contributed by atoms with van der Waals surface area (Å²) < 4.78 is 0. The summed E-state index contributed by atoms with van der Waals surface area (Å²) in [6, 6.07) is 4.18. The quantitative estimate of drug-likeness (QED) is 0.799. The zero-order chi connectivity index (χ0) is 17.4. The zero-order valence-corrected chi connectivity index (χ0v) is 13.5. The number of anilines is 1. The van der Waals surface area contributed by atoms with Crippen molar-refractivity contribution in [1.29, 1.82) is 0 Å². The van der Waals surface area contributed by atoms with E-state index in [1.54, 1.807) is 18.2 Å². The highest BCUT2D eigenvalue weighted by Crippen LogP contribution is 2.25. The zero-order valence-electron chi connectivity index (χ0n) is 12.8. The van der Waals surface area contributed by atoms with Crippen molar-refractivity contribution in [2.45, 2.75) is 25.8 Å². The van der Waals surface area contributed by atoms with Crippen molar-refractivity contribution in [2.75, 3.05) is 5.32 Å².